The van der Waals surface area contributed by atoms with Gasteiger partial charge in [0.2, 0.25) is 0 Å². The number of hydrogen-bond acceptors (Lipinski definition) is 4. The first-order valence-electron chi connectivity index (χ1n) is 9.18. The Morgan fingerprint density at radius 3 is 2.80 bits per heavy atom. The molecule has 4 rings (SSSR count). The Bertz CT molecular complexity index is 899. The Morgan fingerprint density at radius 1 is 1.16 bits per heavy atom. The van der Waals surface area contributed by atoms with E-state index in [-0.39, 0.29) is 0 Å². The Morgan fingerprint density at radius 2 is 2.04 bits per heavy atom. The molecule has 1 aromatic carbocycles. The monoisotopic (exact) mass is 351 g/mol. The molecule has 1 fully saturated rings. The minimum absolute atomic E-state index is 0.734. The average molecular weight is 352 g/mol. The largest absolute Gasteiger partial charge is 0.300 e. The van der Waals surface area contributed by atoms with Crippen molar-refractivity contribution in [1.29, 1.82) is 0 Å². The van der Waals surface area contributed by atoms with Crippen molar-refractivity contribution in [2.75, 3.05) is 13.1 Å². The number of thiazole rings is 1. The van der Waals surface area contributed by atoms with Gasteiger partial charge in [-0.2, -0.15) is 0 Å². The predicted octanol–water partition coefficient (Wildman–Crippen LogP) is 5.00. The minimum atomic E-state index is 0.734. The number of likely N-dealkylation sites (tertiary alicyclic amines) is 1. The summed E-state index contributed by atoms with van der Waals surface area (Å²) >= 11 is 1.84. The normalized spacial score (nSPS) is 18.3. The van der Waals surface area contributed by atoms with E-state index in [0.717, 1.165) is 35.9 Å². The van der Waals surface area contributed by atoms with Gasteiger partial charge in [-0.15, -0.1) is 11.3 Å². The molecule has 0 radical (unpaired) electrons. The van der Waals surface area contributed by atoms with Crippen LogP contribution in [0.2, 0.25) is 0 Å². The Hall–Kier alpha value is -1.78. The predicted molar refractivity (Wildman–Crippen MR) is 106 cm³/mol. The van der Waals surface area contributed by atoms with Gasteiger partial charge in [-0.05, 0) is 63.9 Å². The van der Waals surface area contributed by atoms with Crippen molar-refractivity contribution in [1.82, 2.24) is 14.9 Å². The molecule has 4 heteroatoms. The molecule has 0 bridgehead atoms. The zero-order valence-corrected chi connectivity index (χ0v) is 16.1. The Balaban J connectivity index is 1.56. The molecule has 1 aliphatic rings. The smallest absolute Gasteiger partial charge is 0.0951 e. The van der Waals surface area contributed by atoms with E-state index in [2.05, 4.69) is 54.1 Å². The lowest BCUT2D eigenvalue weighted by Crippen LogP contribution is -2.28. The van der Waals surface area contributed by atoms with Crippen molar-refractivity contribution in [3.63, 3.8) is 0 Å². The van der Waals surface area contributed by atoms with E-state index in [9.17, 15) is 0 Å². The number of nitrogens with zero attached hydrogens (tertiary/aromatic N) is 3. The standard InChI is InChI=1S/C21H25N3S/c1-14-6-8-18(16(3)22-14)17-7-9-19-20(13-17)25-21(23-19)10-12-24-11-4-5-15(24)2/h6-9,13,15H,4-5,10-12H2,1-3H3/t15-/m1/s1. The van der Waals surface area contributed by atoms with Gasteiger partial charge >= 0.3 is 0 Å². The number of aryl methyl sites for hydroxylation is 2. The Kier molecular flexibility index (Phi) is 4.57. The van der Waals surface area contributed by atoms with E-state index >= 15 is 0 Å². The molecule has 1 atom stereocenters. The molecule has 130 valence electrons. The van der Waals surface area contributed by atoms with E-state index in [1.807, 2.05) is 18.3 Å². The van der Waals surface area contributed by atoms with Gasteiger partial charge < -0.3 is 4.90 Å². The average Bonchev–Trinajstić information content (AvgIpc) is 3.17. The highest BCUT2D eigenvalue weighted by Crippen LogP contribution is 2.30. The number of rotatable bonds is 4. The van der Waals surface area contributed by atoms with Crippen molar-refractivity contribution >= 4 is 21.6 Å². The summed E-state index contributed by atoms with van der Waals surface area (Å²) in [5.74, 6) is 0. The van der Waals surface area contributed by atoms with Crippen LogP contribution < -0.4 is 0 Å². The summed E-state index contributed by atoms with van der Waals surface area (Å²) in [6, 6.07) is 11.6. The number of benzene rings is 1. The van der Waals surface area contributed by atoms with Crippen LogP contribution in [-0.2, 0) is 6.42 Å². The highest BCUT2D eigenvalue weighted by molar-refractivity contribution is 7.18. The van der Waals surface area contributed by atoms with Gasteiger partial charge in [0.15, 0.2) is 0 Å². The fourth-order valence-electron chi connectivity index (χ4n) is 3.80. The second-order valence-corrected chi connectivity index (χ2v) is 8.27. The maximum atomic E-state index is 4.85. The fraction of sp³-hybridized carbons (Fsp3) is 0.429. The molecule has 0 N–H and O–H groups in total. The quantitative estimate of drug-likeness (QED) is 0.662. The van der Waals surface area contributed by atoms with Crippen molar-refractivity contribution < 1.29 is 0 Å². The third-order valence-corrected chi connectivity index (χ3v) is 6.35. The molecule has 2 aromatic heterocycles. The van der Waals surface area contributed by atoms with Crippen LogP contribution in [0, 0.1) is 13.8 Å². The second kappa shape index (κ2) is 6.85. The van der Waals surface area contributed by atoms with E-state index in [1.54, 1.807) is 0 Å². The molecule has 25 heavy (non-hydrogen) atoms. The maximum absolute atomic E-state index is 4.85. The lowest BCUT2D eigenvalue weighted by atomic mass is 10.0. The zero-order chi connectivity index (χ0) is 17.4. The van der Waals surface area contributed by atoms with Gasteiger partial charge in [0.25, 0.3) is 0 Å². The van der Waals surface area contributed by atoms with Crippen molar-refractivity contribution in [3.05, 3.63) is 46.7 Å². The maximum Gasteiger partial charge on any atom is 0.0951 e. The second-order valence-electron chi connectivity index (χ2n) is 7.15. The van der Waals surface area contributed by atoms with Crippen LogP contribution in [0.15, 0.2) is 30.3 Å². The van der Waals surface area contributed by atoms with Gasteiger partial charge in [0.05, 0.1) is 15.2 Å². The molecule has 0 unspecified atom stereocenters. The van der Waals surface area contributed by atoms with E-state index < -0.39 is 0 Å². The highest BCUT2D eigenvalue weighted by Gasteiger charge is 2.20. The van der Waals surface area contributed by atoms with Crippen LogP contribution in [0.3, 0.4) is 0 Å². The Labute approximate surface area is 153 Å². The first kappa shape index (κ1) is 16.7. The molecule has 0 saturated carbocycles. The topological polar surface area (TPSA) is 29.0 Å². The van der Waals surface area contributed by atoms with E-state index in [0.29, 0.717) is 0 Å². The highest BCUT2D eigenvalue weighted by atomic mass is 32.1. The van der Waals surface area contributed by atoms with Crippen LogP contribution >= 0.6 is 11.3 Å². The number of hydrogen-bond donors (Lipinski definition) is 0. The molecule has 0 aliphatic carbocycles. The van der Waals surface area contributed by atoms with Gasteiger partial charge in [-0.1, -0.05) is 12.1 Å². The molecule has 0 amide bonds. The van der Waals surface area contributed by atoms with E-state index in [1.165, 1.54) is 40.2 Å². The third-order valence-electron chi connectivity index (χ3n) is 5.27. The van der Waals surface area contributed by atoms with Crippen LogP contribution in [-0.4, -0.2) is 34.0 Å². The van der Waals surface area contributed by atoms with Crippen LogP contribution in [0.1, 0.15) is 36.2 Å². The van der Waals surface area contributed by atoms with Crippen LogP contribution in [0.5, 0.6) is 0 Å². The summed E-state index contributed by atoms with van der Waals surface area (Å²) in [5.41, 5.74) is 5.73. The van der Waals surface area contributed by atoms with Crippen molar-refractivity contribution in [2.45, 2.75) is 46.1 Å². The SMILES string of the molecule is Cc1ccc(-c2ccc3nc(CCN4CCC[C@H]4C)sc3c2)c(C)n1. The molecular formula is C21H25N3S. The molecule has 1 saturated heterocycles. The third kappa shape index (κ3) is 3.46. The molecule has 0 spiro atoms. The molecule has 3 nitrogen and oxygen atoms in total. The summed E-state index contributed by atoms with van der Waals surface area (Å²) in [4.78, 5) is 12.0. The summed E-state index contributed by atoms with van der Waals surface area (Å²) in [6.07, 6.45) is 3.74. The van der Waals surface area contributed by atoms with Crippen molar-refractivity contribution in [2.24, 2.45) is 0 Å². The summed E-state index contributed by atoms with van der Waals surface area (Å²) < 4.78 is 1.28. The summed E-state index contributed by atoms with van der Waals surface area (Å²) in [7, 11) is 0. The lowest BCUT2D eigenvalue weighted by Gasteiger charge is -2.19. The summed E-state index contributed by atoms with van der Waals surface area (Å²) in [6.45, 7) is 8.85. The van der Waals surface area contributed by atoms with Crippen LogP contribution in [0.4, 0.5) is 0 Å². The number of aromatic nitrogens is 2. The van der Waals surface area contributed by atoms with Gasteiger partial charge in [-0.25, -0.2) is 4.98 Å². The first-order valence-corrected chi connectivity index (χ1v) is 10.00. The number of pyridine rings is 1. The molecular weight excluding hydrogens is 326 g/mol. The zero-order valence-electron chi connectivity index (χ0n) is 15.2. The minimum Gasteiger partial charge on any atom is -0.300 e. The fourth-order valence-corrected chi connectivity index (χ4v) is 4.80. The number of fused-ring (bicyclic) bond motifs is 1. The first-order chi connectivity index (χ1) is 12.1. The lowest BCUT2D eigenvalue weighted by molar-refractivity contribution is 0.272. The van der Waals surface area contributed by atoms with Gasteiger partial charge in [0, 0.05) is 36.0 Å². The van der Waals surface area contributed by atoms with E-state index in [4.69, 9.17) is 4.98 Å². The van der Waals surface area contributed by atoms with Gasteiger partial charge in [0.1, 0.15) is 0 Å². The summed E-state index contributed by atoms with van der Waals surface area (Å²) in [5, 5.41) is 1.25. The van der Waals surface area contributed by atoms with Crippen molar-refractivity contribution in [3.8, 4) is 11.1 Å². The molecule has 3 heterocycles. The molecule has 3 aromatic rings. The molecule has 1 aliphatic heterocycles. The van der Waals surface area contributed by atoms with Crippen LogP contribution in [0.25, 0.3) is 21.3 Å². The van der Waals surface area contributed by atoms with Gasteiger partial charge in [-0.3, -0.25) is 4.98 Å².